The molecule has 3 rings (SSSR count). The summed E-state index contributed by atoms with van der Waals surface area (Å²) >= 11 is 0. The number of halogens is 1. The predicted octanol–water partition coefficient (Wildman–Crippen LogP) is 2.65. The first kappa shape index (κ1) is 18.3. The molecule has 0 aliphatic carbocycles. The zero-order chi connectivity index (χ0) is 18.4. The SMILES string of the molecule is Cc1nccnc1OCC1CCN(CC(=O)Nc2ccccc2F)CC1. The summed E-state index contributed by atoms with van der Waals surface area (Å²) in [6.45, 7) is 4.38. The first-order valence-corrected chi connectivity index (χ1v) is 8.79. The summed E-state index contributed by atoms with van der Waals surface area (Å²) in [6, 6.07) is 6.19. The summed E-state index contributed by atoms with van der Waals surface area (Å²) in [5.74, 6) is 0.400. The molecule has 1 aliphatic heterocycles. The van der Waals surface area contributed by atoms with Gasteiger partial charge in [-0.15, -0.1) is 0 Å². The smallest absolute Gasteiger partial charge is 0.238 e. The van der Waals surface area contributed by atoms with E-state index in [1.54, 1.807) is 30.6 Å². The fraction of sp³-hybridized carbons (Fsp3) is 0.421. The molecule has 1 aromatic heterocycles. The van der Waals surface area contributed by atoms with Crippen LogP contribution in [0.3, 0.4) is 0 Å². The topological polar surface area (TPSA) is 67.4 Å². The van der Waals surface area contributed by atoms with Gasteiger partial charge in [-0.05, 0) is 50.9 Å². The van der Waals surface area contributed by atoms with Crippen molar-refractivity contribution in [1.82, 2.24) is 14.9 Å². The molecule has 0 unspecified atom stereocenters. The Kier molecular flexibility index (Phi) is 6.12. The van der Waals surface area contributed by atoms with Gasteiger partial charge >= 0.3 is 0 Å². The van der Waals surface area contributed by atoms with Gasteiger partial charge in [0.2, 0.25) is 11.8 Å². The van der Waals surface area contributed by atoms with E-state index in [0.29, 0.717) is 18.4 Å². The summed E-state index contributed by atoms with van der Waals surface area (Å²) in [7, 11) is 0. The summed E-state index contributed by atoms with van der Waals surface area (Å²) in [4.78, 5) is 22.5. The zero-order valence-corrected chi connectivity index (χ0v) is 14.8. The second-order valence-corrected chi connectivity index (χ2v) is 6.51. The minimum absolute atomic E-state index is 0.194. The molecule has 1 N–H and O–H groups in total. The lowest BCUT2D eigenvalue weighted by Crippen LogP contribution is -2.40. The van der Waals surface area contributed by atoms with Crippen molar-refractivity contribution in [3.8, 4) is 5.88 Å². The Balaban J connectivity index is 1.40. The van der Waals surface area contributed by atoms with Crippen LogP contribution in [0.4, 0.5) is 10.1 Å². The normalized spacial score (nSPS) is 15.6. The molecule has 7 heteroatoms. The van der Waals surface area contributed by atoms with Crippen molar-refractivity contribution < 1.29 is 13.9 Å². The second kappa shape index (κ2) is 8.71. The van der Waals surface area contributed by atoms with Crippen LogP contribution in [0.2, 0.25) is 0 Å². The fourth-order valence-corrected chi connectivity index (χ4v) is 3.00. The number of anilines is 1. The molecule has 0 bridgehead atoms. The maximum atomic E-state index is 13.6. The lowest BCUT2D eigenvalue weighted by Gasteiger charge is -2.31. The molecule has 1 aliphatic rings. The quantitative estimate of drug-likeness (QED) is 0.860. The van der Waals surface area contributed by atoms with Crippen LogP contribution in [-0.2, 0) is 4.79 Å². The molecule has 1 saturated heterocycles. The minimum Gasteiger partial charge on any atom is -0.476 e. The number of carbonyl (C=O) groups is 1. The van der Waals surface area contributed by atoms with E-state index >= 15 is 0 Å². The molecule has 2 heterocycles. The van der Waals surface area contributed by atoms with Crippen molar-refractivity contribution in [3.63, 3.8) is 0 Å². The van der Waals surface area contributed by atoms with Crippen molar-refractivity contribution in [2.45, 2.75) is 19.8 Å². The highest BCUT2D eigenvalue weighted by molar-refractivity contribution is 5.92. The standard InChI is InChI=1S/C19H23FN4O2/c1-14-19(22-9-8-21-14)26-13-15-6-10-24(11-7-15)12-18(25)23-17-5-3-2-4-16(17)20/h2-5,8-9,15H,6-7,10-13H2,1H3,(H,23,25). The third-order valence-corrected chi connectivity index (χ3v) is 4.51. The van der Waals surface area contributed by atoms with Gasteiger partial charge in [0.1, 0.15) is 5.82 Å². The molecule has 1 fully saturated rings. The number of carbonyl (C=O) groups excluding carboxylic acids is 1. The number of hydrogen-bond acceptors (Lipinski definition) is 5. The monoisotopic (exact) mass is 358 g/mol. The Bertz CT molecular complexity index is 748. The predicted molar refractivity (Wildman–Crippen MR) is 96.5 cm³/mol. The Morgan fingerprint density at radius 1 is 1.27 bits per heavy atom. The molecule has 1 amide bonds. The molecular formula is C19H23FN4O2. The third-order valence-electron chi connectivity index (χ3n) is 4.51. The third kappa shape index (κ3) is 4.98. The zero-order valence-electron chi connectivity index (χ0n) is 14.8. The number of para-hydroxylation sites is 1. The van der Waals surface area contributed by atoms with E-state index in [-0.39, 0.29) is 18.1 Å². The van der Waals surface area contributed by atoms with Gasteiger partial charge in [-0.3, -0.25) is 14.7 Å². The lowest BCUT2D eigenvalue weighted by atomic mass is 9.98. The summed E-state index contributed by atoms with van der Waals surface area (Å²) in [5.41, 5.74) is 1.01. The average Bonchev–Trinajstić information content (AvgIpc) is 2.64. The highest BCUT2D eigenvalue weighted by Gasteiger charge is 2.22. The molecular weight excluding hydrogens is 335 g/mol. The molecule has 0 radical (unpaired) electrons. The van der Waals surface area contributed by atoms with E-state index in [9.17, 15) is 9.18 Å². The summed E-state index contributed by atoms with van der Waals surface area (Å²) in [6.07, 6.45) is 5.17. The number of aryl methyl sites for hydroxylation is 1. The second-order valence-electron chi connectivity index (χ2n) is 6.51. The van der Waals surface area contributed by atoms with E-state index in [1.807, 2.05) is 6.92 Å². The van der Waals surface area contributed by atoms with Gasteiger partial charge < -0.3 is 10.1 Å². The number of amides is 1. The number of likely N-dealkylation sites (tertiary alicyclic amines) is 1. The van der Waals surface area contributed by atoms with Gasteiger partial charge in [-0.1, -0.05) is 12.1 Å². The molecule has 6 nitrogen and oxygen atoms in total. The van der Waals surface area contributed by atoms with Gasteiger partial charge in [0.15, 0.2) is 0 Å². The summed E-state index contributed by atoms with van der Waals surface area (Å²) in [5, 5.41) is 2.63. The van der Waals surface area contributed by atoms with E-state index in [4.69, 9.17) is 4.74 Å². The molecule has 2 aromatic rings. The van der Waals surface area contributed by atoms with E-state index in [2.05, 4.69) is 20.2 Å². The van der Waals surface area contributed by atoms with Crippen molar-refractivity contribution in [2.24, 2.45) is 5.92 Å². The lowest BCUT2D eigenvalue weighted by molar-refractivity contribution is -0.117. The van der Waals surface area contributed by atoms with Crippen molar-refractivity contribution in [3.05, 3.63) is 48.2 Å². The van der Waals surface area contributed by atoms with Crippen LogP contribution >= 0.6 is 0 Å². The highest BCUT2D eigenvalue weighted by Crippen LogP contribution is 2.20. The maximum Gasteiger partial charge on any atom is 0.238 e. The number of benzene rings is 1. The van der Waals surface area contributed by atoms with Crippen LogP contribution in [0.15, 0.2) is 36.7 Å². The number of hydrogen-bond donors (Lipinski definition) is 1. The van der Waals surface area contributed by atoms with Crippen LogP contribution in [-0.4, -0.2) is 47.0 Å². The van der Waals surface area contributed by atoms with E-state index in [0.717, 1.165) is 31.6 Å². The van der Waals surface area contributed by atoms with E-state index < -0.39 is 5.82 Å². The van der Waals surface area contributed by atoms with Crippen LogP contribution in [0, 0.1) is 18.7 Å². The van der Waals surface area contributed by atoms with Crippen molar-refractivity contribution >= 4 is 11.6 Å². The largest absolute Gasteiger partial charge is 0.476 e. The van der Waals surface area contributed by atoms with Crippen molar-refractivity contribution in [2.75, 3.05) is 31.6 Å². The Hall–Kier alpha value is -2.54. The number of aromatic nitrogens is 2. The molecule has 138 valence electrons. The van der Waals surface area contributed by atoms with Crippen LogP contribution in [0.1, 0.15) is 18.5 Å². The van der Waals surface area contributed by atoms with Gasteiger partial charge in [0, 0.05) is 12.4 Å². The first-order valence-electron chi connectivity index (χ1n) is 8.79. The number of rotatable bonds is 6. The van der Waals surface area contributed by atoms with Gasteiger partial charge in [0.05, 0.1) is 24.5 Å². The maximum absolute atomic E-state index is 13.6. The Morgan fingerprint density at radius 2 is 2.00 bits per heavy atom. The van der Waals surface area contributed by atoms with Crippen LogP contribution in [0.5, 0.6) is 5.88 Å². The average molecular weight is 358 g/mol. The summed E-state index contributed by atoms with van der Waals surface area (Å²) < 4.78 is 19.4. The number of nitrogens with one attached hydrogen (secondary N) is 1. The highest BCUT2D eigenvalue weighted by atomic mass is 19.1. The first-order chi connectivity index (χ1) is 12.6. The van der Waals surface area contributed by atoms with Crippen LogP contribution < -0.4 is 10.1 Å². The molecule has 1 aromatic carbocycles. The molecule has 0 atom stereocenters. The minimum atomic E-state index is -0.420. The number of piperidine rings is 1. The molecule has 26 heavy (non-hydrogen) atoms. The Labute approximate surface area is 152 Å². The van der Waals surface area contributed by atoms with Gasteiger partial charge in [-0.25, -0.2) is 9.37 Å². The Morgan fingerprint density at radius 3 is 2.73 bits per heavy atom. The van der Waals surface area contributed by atoms with Gasteiger partial charge in [0.25, 0.3) is 0 Å². The molecule has 0 saturated carbocycles. The van der Waals surface area contributed by atoms with Crippen LogP contribution in [0.25, 0.3) is 0 Å². The van der Waals surface area contributed by atoms with Gasteiger partial charge in [-0.2, -0.15) is 0 Å². The molecule has 0 spiro atoms. The van der Waals surface area contributed by atoms with Crippen molar-refractivity contribution in [1.29, 1.82) is 0 Å². The fourth-order valence-electron chi connectivity index (χ4n) is 3.00. The number of nitrogens with zero attached hydrogens (tertiary/aromatic N) is 3. The number of ether oxygens (including phenoxy) is 1. The van der Waals surface area contributed by atoms with E-state index in [1.165, 1.54) is 6.07 Å².